The van der Waals surface area contributed by atoms with Gasteiger partial charge in [-0.15, -0.1) is 5.10 Å². The summed E-state index contributed by atoms with van der Waals surface area (Å²) in [6, 6.07) is 20.8. The molecule has 0 atom stereocenters. The maximum absolute atomic E-state index is 5.84. The van der Waals surface area contributed by atoms with Crippen LogP contribution in [0.2, 0.25) is 0 Å². The molecule has 6 nitrogen and oxygen atoms in total. The van der Waals surface area contributed by atoms with Crippen molar-refractivity contribution in [2.45, 2.75) is 0 Å². The number of hydrogen-bond donors (Lipinski definition) is 1. The Hall–Kier alpha value is -3.45. The third-order valence-electron chi connectivity index (χ3n) is 3.55. The minimum Gasteiger partial charge on any atom is -0.461 e. The lowest BCUT2D eigenvalue weighted by Gasteiger charge is -2.05. The molecule has 7 heteroatoms. The minimum atomic E-state index is 0.379. The highest BCUT2D eigenvalue weighted by Crippen LogP contribution is 2.21. The van der Waals surface area contributed by atoms with E-state index in [1.807, 2.05) is 54.6 Å². The summed E-state index contributed by atoms with van der Waals surface area (Å²) in [4.78, 5) is 0. The van der Waals surface area contributed by atoms with E-state index in [0.29, 0.717) is 16.4 Å². The number of nitrogens with one attached hydrogen (secondary N) is 1. The first-order valence-electron chi connectivity index (χ1n) is 7.88. The van der Waals surface area contributed by atoms with E-state index in [9.17, 15) is 0 Å². The van der Waals surface area contributed by atoms with E-state index in [4.69, 9.17) is 21.4 Å². The molecule has 0 aliphatic rings. The van der Waals surface area contributed by atoms with E-state index in [0.717, 1.165) is 17.1 Å². The van der Waals surface area contributed by atoms with Crippen LogP contribution in [0.15, 0.2) is 82.5 Å². The number of furan rings is 1. The zero-order chi connectivity index (χ0) is 17.8. The average Bonchev–Trinajstić information content (AvgIpc) is 3.31. The summed E-state index contributed by atoms with van der Waals surface area (Å²) in [6.45, 7) is 0. The molecule has 0 unspecified atom stereocenters. The fraction of sp³-hybridized carbons (Fsp3) is 0. The van der Waals surface area contributed by atoms with E-state index >= 15 is 0 Å². The van der Waals surface area contributed by atoms with Crippen LogP contribution in [0.1, 0.15) is 5.56 Å². The quantitative estimate of drug-likeness (QED) is 0.406. The van der Waals surface area contributed by atoms with Crippen LogP contribution in [-0.2, 0) is 0 Å². The molecular formula is C19H14N4O2S. The second-order valence-electron chi connectivity index (χ2n) is 5.37. The lowest BCUT2D eigenvalue weighted by molar-refractivity contribution is 0.482. The predicted molar refractivity (Wildman–Crippen MR) is 101 cm³/mol. The van der Waals surface area contributed by atoms with Gasteiger partial charge in [0.25, 0.3) is 0 Å². The first kappa shape index (κ1) is 16.0. The van der Waals surface area contributed by atoms with Crippen LogP contribution < -0.4 is 4.74 Å². The van der Waals surface area contributed by atoms with Crippen molar-refractivity contribution >= 4 is 18.4 Å². The number of benzene rings is 2. The average molecular weight is 362 g/mol. The number of nitrogens with zero attached hydrogens (tertiary/aromatic N) is 3. The van der Waals surface area contributed by atoms with Crippen LogP contribution in [0.25, 0.3) is 11.6 Å². The second kappa shape index (κ2) is 7.20. The van der Waals surface area contributed by atoms with Gasteiger partial charge in [-0.3, -0.25) is 0 Å². The molecule has 0 aliphatic carbocycles. The van der Waals surface area contributed by atoms with E-state index in [1.165, 1.54) is 4.68 Å². The molecular weight excluding hydrogens is 348 g/mol. The van der Waals surface area contributed by atoms with Crippen LogP contribution in [0.3, 0.4) is 0 Å². The van der Waals surface area contributed by atoms with Crippen molar-refractivity contribution in [2.75, 3.05) is 0 Å². The first-order valence-corrected chi connectivity index (χ1v) is 8.29. The SMILES string of the molecule is S=c1[nH]nc(-c2ccco2)n1/N=C\c1cccc(Oc2ccccc2)c1. The van der Waals surface area contributed by atoms with Crippen molar-refractivity contribution in [1.29, 1.82) is 0 Å². The summed E-state index contributed by atoms with van der Waals surface area (Å²) in [5.74, 6) is 2.59. The van der Waals surface area contributed by atoms with Gasteiger partial charge in [-0.25, -0.2) is 5.10 Å². The van der Waals surface area contributed by atoms with Gasteiger partial charge in [-0.05, 0) is 54.2 Å². The van der Waals surface area contributed by atoms with Gasteiger partial charge in [0, 0.05) is 0 Å². The summed E-state index contributed by atoms with van der Waals surface area (Å²) < 4.78 is 13.1. The standard InChI is InChI=1S/C19H14N4O2S/c26-19-22-21-18(17-10-5-11-24-17)23(19)20-13-14-6-4-9-16(12-14)25-15-7-2-1-3-8-15/h1-13H,(H,22,26)/b20-13-. The van der Waals surface area contributed by atoms with Gasteiger partial charge in [0.05, 0.1) is 12.5 Å². The fourth-order valence-electron chi connectivity index (χ4n) is 2.37. The van der Waals surface area contributed by atoms with Crippen molar-refractivity contribution in [2.24, 2.45) is 5.10 Å². The van der Waals surface area contributed by atoms with Crippen molar-refractivity contribution in [3.8, 4) is 23.1 Å². The normalized spacial score (nSPS) is 11.1. The smallest absolute Gasteiger partial charge is 0.219 e. The van der Waals surface area contributed by atoms with E-state index in [2.05, 4.69) is 15.3 Å². The van der Waals surface area contributed by atoms with Gasteiger partial charge in [0.15, 0.2) is 5.76 Å². The topological polar surface area (TPSA) is 68.3 Å². The summed E-state index contributed by atoms with van der Waals surface area (Å²) in [6.07, 6.45) is 3.27. The number of aromatic nitrogens is 3. The van der Waals surface area contributed by atoms with Crippen LogP contribution in [0.5, 0.6) is 11.5 Å². The lowest BCUT2D eigenvalue weighted by Crippen LogP contribution is -1.94. The van der Waals surface area contributed by atoms with Crippen LogP contribution in [0, 0.1) is 4.77 Å². The zero-order valence-electron chi connectivity index (χ0n) is 13.6. The monoisotopic (exact) mass is 362 g/mol. The van der Waals surface area contributed by atoms with Crippen LogP contribution >= 0.6 is 12.2 Å². The third-order valence-corrected chi connectivity index (χ3v) is 3.82. The first-order chi connectivity index (χ1) is 12.8. The summed E-state index contributed by atoms with van der Waals surface area (Å²) in [7, 11) is 0. The molecule has 0 spiro atoms. The Kier molecular flexibility index (Phi) is 4.44. The number of hydrogen-bond acceptors (Lipinski definition) is 5. The molecule has 4 rings (SSSR count). The summed E-state index contributed by atoms with van der Waals surface area (Å²) in [5.41, 5.74) is 0.868. The van der Waals surface area contributed by atoms with E-state index in [-0.39, 0.29) is 0 Å². The number of aromatic amines is 1. The Morgan fingerprint density at radius 3 is 2.69 bits per heavy atom. The van der Waals surface area contributed by atoms with Crippen molar-refractivity contribution in [3.05, 3.63) is 83.3 Å². The van der Waals surface area contributed by atoms with Gasteiger partial charge in [0.2, 0.25) is 10.6 Å². The molecule has 0 fully saturated rings. The van der Waals surface area contributed by atoms with Crippen molar-refractivity contribution in [1.82, 2.24) is 14.9 Å². The fourth-order valence-corrected chi connectivity index (χ4v) is 2.55. The predicted octanol–water partition coefficient (Wildman–Crippen LogP) is 4.88. The van der Waals surface area contributed by atoms with Gasteiger partial charge in [-0.2, -0.15) is 9.78 Å². The Morgan fingerprint density at radius 2 is 1.88 bits per heavy atom. The lowest BCUT2D eigenvalue weighted by atomic mass is 10.2. The molecule has 0 bridgehead atoms. The van der Waals surface area contributed by atoms with E-state index in [1.54, 1.807) is 24.6 Å². The maximum atomic E-state index is 5.84. The van der Waals surface area contributed by atoms with E-state index < -0.39 is 0 Å². The zero-order valence-corrected chi connectivity index (χ0v) is 14.4. The van der Waals surface area contributed by atoms with Gasteiger partial charge in [0.1, 0.15) is 11.5 Å². The molecule has 2 aromatic heterocycles. The molecule has 2 aromatic carbocycles. The molecule has 1 N–H and O–H groups in total. The molecule has 0 radical (unpaired) electrons. The Balaban J connectivity index is 1.59. The Labute approximate surface area is 154 Å². The highest BCUT2D eigenvalue weighted by atomic mass is 32.1. The summed E-state index contributed by atoms with van der Waals surface area (Å²) in [5, 5.41) is 11.3. The van der Waals surface area contributed by atoms with Crippen LogP contribution in [0.4, 0.5) is 0 Å². The van der Waals surface area contributed by atoms with Gasteiger partial charge < -0.3 is 9.15 Å². The number of ether oxygens (including phenoxy) is 1. The molecule has 0 aliphatic heterocycles. The number of H-pyrrole nitrogens is 1. The molecule has 4 aromatic rings. The number of rotatable bonds is 5. The molecule has 2 heterocycles. The van der Waals surface area contributed by atoms with Gasteiger partial charge in [-0.1, -0.05) is 30.3 Å². The Bertz CT molecular complexity index is 1080. The number of para-hydroxylation sites is 1. The Morgan fingerprint density at radius 1 is 1.04 bits per heavy atom. The molecule has 26 heavy (non-hydrogen) atoms. The molecule has 0 saturated carbocycles. The third kappa shape index (κ3) is 3.47. The summed E-state index contributed by atoms with van der Waals surface area (Å²) >= 11 is 5.24. The minimum absolute atomic E-state index is 0.379. The molecule has 0 saturated heterocycles. The highest BCUT2D eigenvalue weighted by molar-refractivity contribution is 7.71. The molecule has 128 valence electrons. The largest absolute Gasteiger partial charge is 0.461 e. The molecule has 0 amide bonds. The second-order valence-corrected chi connectivity index (χ2v) is 5.76. The van der Waals surface area contributed by atoms with Gasteiger partial charge >= 0.3 is 0 Å². The van der Waals surface area contributed by atoms with Crippen molar-refractivity contribution < 1.29 is 9.15 Å². The van der Waals surface area contributed by atoms with Crippen molar-refractivity contribution in [3.63, 3.8) is 0 Å². The maximum Gasteiger partial charge on any atom is 0.219 e. The highest BCUT2D eigenvalue weighted by Gasteiger charge is 2.10. The van der Waals surface area contributed by atoms with Crippen LogP contribution in [-0.4, -0.2) is 21.1 Å².